The molecule has 1 fully saturated rings. The van der Waals surface area contributed by atoms with E-state index in [9.17, 15) is 14.0 Å². The summed E-state index contributed by atoms with van der Waals surface area (Å²) in [5.74, 6) is 0.140. The maximum atomic E-state index is 13.2. The molecule has 2 heterocycles. The van der Waals surface area contributed by atoms with Gasteiger partial charge in [0.2, 0.25) is 5.91 Å². The van der Waals surface area contributed by atoms with Crippen LogP contribution < -0.4 is 5.32 Å². The van der Waals surface area contributed by atoms with E-state index in [1.807, 2.05) is 29.2 Å². The van der Waals surface area contributed by atoms with Gasteiger partial charge in [-0.1, -0.05) is 26.0 Å². The monoisotopic (exact) mass is 435 g/mol. The molecule has 1 aliphatic heterocycles. The Morgan fingerprint density at radius 1 is 1.03 bits per heavy atom. The molecular weight excluding hydrogens is 405 g/mol. The van der Waals surface area contributed by atoms with Crippen molar-refractivity contribution in [3.8, 4) is 0 Å². The van der Waals surface area contributed by atoms with Crippen molar-refractivity contribution >= 4 is 28.4 Å². The number of benzene rings is 2. The zero-order chi connectivity index (χ0) is 22.7. The predicted octanol–water partition coefficient (Wildman–Crippen LogP) is 5.24. The first kappa shape index (κ1) is 22.1. The van der Waals surface area contributed by atoms with Gasteiger partial charge in [0.1, 0.15) is 11.5 Å². The number of halogens is 1. The average molecular weight is 436 g/mol. The van der Waals surface area contributed by atoms with Gasteiger partial charge in [0.15, 0.2) is 0 Å². The molecule has 168 valence electrons. The normalized spacial score (nSPS) is 13.8. The van der Waals surface area contributed by atoms with Gasteiger partial charge in [0.25, 0.3) is 5.91 Å². The number of hydrogen-bond donors (Lipinski definition) is 1. The fraction of sp³-hybridized carbons (Fsp3) is 0.385. The van der Waals surface area contributed by atoms with Gasteiger partial charge in [0.05, 0.1) is 6.42 Å². The van der Waals surface area contributed by atoms with Crippen molar-refractivity contribution in [1.82, 2.24) is 9.47 Å². The van der Waals surface area contributed by atoms with E-state index in [4.69, 9.17) is 0 Å². The van der Waals surface area contributed by atoms with Crippen LogP contribution in [0.25, 0.3) is 10.9 Å². The molecule has 0 spiro atoms. The van der Waals surface area contributed by atoms with Crippen molar-refractivity contribution in [2.24, 2.45) is 5.92 Å². The van der Waals surface area contributed by atoms with Crippen molar-refractivity contribution in [2.75, 3.05) is 18.4 Å². The molecule has 1 saturated heterocycles. The third-order valence-corrected chi connectivity index (χ3v) is 6.01. The van der Waals surface area contributed by atoms with Crippen LogP contribution >= 0.6 is 0 Å². The predicted molar refractivity (Wildman–Crippen MR) is 125 cm³/mol. The number of likely N-dealkylation sites (tertiary alicyclic amines) is 1. The summed E-state index contributed by atoms with van der Waals surface area (Å²) in [4.78, 5) is 27.6. The number of rotatable bonds is 7. The van der Waals surface area contributed by atoms with Gasteiger partial charge in [-0.2, -0.15) is 0 Å². The third-order valence-electron chi connectivity index (χ3n) is 6.01. The summed E-state index contributed by atoms with van der Waals surface area (Å²) in [6.07, 6.45) is 3.27. The quantitative estimate of drug-likeness (QED) is 0.552. The number of aryl methyl sites for hydroxylation is 1. The summed E-state index contributed by atoms with van der Waals surface area (Å²) in [6, 6.07) is 13.7. The second-order valence-corrected chi connectivity index (χ2v) is 8.99. The molecular formula is C26H30FN3O2. The Morgan fingerprint density at radius 3 is 2.44 bits per heavy atom. The van der Waals surface area contributed by atoms with Gasteiger partial charge in [-0.3, -0.25) is 9.59 Å². The first-order valence-electron chi connectivity index (χ1n) is 11.4. The van der Waals surface area contributed by atoms with E-state index in [1.165, 1.54) is 12.1 Å². The molecule has 2 aromatic carbocycles. The molecule has 0 saturated carbocycles. The van der Waals surface area contributed by atoms with Crippen molar-refractivity contribution in [1.29, 1.82) is 0 Å². The smallest absolute Gasteiger partial charge is 0.270 e. The number of nitrogens with zero attached hydrogens (tertiary/aromatic N) is 2. The van der Waals surface area contributed by atoms with Crippen LogP contribution in [0.3, 0.4) is 0 Å². The number of nitrogens with one attached hydrogen (secondary N) is 1. The Balaban J connectivity index is 1.57. The van der Waals surface area contributed by atoms with E-state index in [1.54, 1.807) is 12.1 Å². The lowest BCUT2D eigenvalue weighted by atomic mass is 10.1. The van der Waals surface area contributed by atoms with Gasteiger partial charge in [-0.05, 0) is 67.1 Å². The lowest BCUT2D eigenvalue weighted by Gasteiger charge is -2.18. The van der Waals surface area contributed by atoms with Crippen LogP contribution in [0.15, 0.2) is 48.5 Å². The fourth-order valence-electron chi connectivity index (χ4n) is 4.23. The number of hydrogen-bond acceptors (Lipinski definition) is 2. The molecule has 0 aliphatic carbocycles. The maximum absolute atomic E-state index is 13.2. The van der Waals surface area contributed by atoms with E-state index in [0.29, 0.717) is 11.6 Å². The molecule has 1 aromatic heterocycles. The molecule has 0 atom stereocenters. The van der Waals surface area contributed by atoms with Crippen molar-refractivity contribution in [3.05, 3.63) is 65.6 Å². The number of carbonyl (C=O) groups is 2. The van der Waals surface area contributed by atoms with E-state index < -0.39 is 0 Å². The first-order chi connectivity index (χ1) is 15.4. The van der Waals surface area contributed by atoms with Crippen LogP contribution in [0.2, 0.25) is 0 Å². The summed E-state index contributed by atoms with van der Waals surface area (Å²) in [5, 5.41) is 3.86. The number of anilines is 1. The minimum absolute atomic E-state index is 0.0874. The largest absolute Gasteiger partial charge is 0.337 e. The van der Waals surface area contributed by atoms with Gasteiger partial charge < -0.3 is 14.8 Å². The zero-order valence-electron chi connectivity index (χ0n) is 18.7. The molecule has 32 heavy (non-hydrogen) atoms. The fourth-order valence-corrected chi connectivity index (χ4v) is 4.23. The highest BCUT2D eigenvalue weighted by Gasteiger charge is 2.24. The van der Waals surface area contributed by atoms with Gasteiger partial charge in [0, 0.05) is 36.2 Å². The lowest BCUT2D eigenvalue weighted by Crippen LogP contribution is -2.29. The van der Waals surface area contributed by atoms with Crippen molar-refractivity contribution < 1.29 is 14.0 Å². The molecule has 4 rings (SSSR count). The van der Waals surface area contributed by atoms with E-state index in [0.717, 1.165) is 61.1 Å². The molecule has 0 unspecified atom stereocenters. The summed E-state index contributed by atoms with van der Waals surface area (Å²) in [5.41, 5.74) is 3.16. The molecule has 6 heteroatoms. The Hall–Kier alpha value is -3.15. The topological polar surface area (TPSA) is 54.3 Å². The molecule has 0 bridgehead atoms. The summed E-state index contributed by atoms with van der Waals surface area (Å²) in [7, 11) is 0. The minimum atomic E-state index is -0.319. The van der Waals surface area contributed by atoms with Crippen LogP contribution in [0.4, 0.5) is 10.1 Å². The second kappa shape index (κ2) is 9.55. The highest BCUT2D eigenvalue weighted by molar-refractivity contribution is 6.01. The first-order valence-corrected chi connectivity index (χ1v) is 11.4. The Morgan fingerprint density at radius 2 is 1.75 bits per heavy atom. The maximum Gasteiger partial charge on any atom is 0.270 e. The minimum Gasteiger partial charge on any atom is -0.337 e. The molecule has 0 radical (unpaired) electrons. The van der Waals surface area contributed by atoms with Crippen LogP contribution in [-0.4, -0.2) is 34.4 Å². The second-order valence-electron chi connectivity index (χ2n) is 8.99. The van der Waals surface area contributed by atoms with Crippen LogP contribution in [0, 0.1) is 11.7 Å². The molecule has 3 aromatic rings. The Kier molecular flexibility index (Phi) is 6.58. The van der Waals surface area contributed by atoms with E-state index in [-0.39, 0.29) is 24.1 Å². The lowest BCUT2D eigenvalue weighted by molar-refractivity contribution is -0.115. The van der Waals surface area contributed by atoms with E-state index in [2.05, 4.69) is 23.7 Å². The highest BCUT2D eigenvalue weighted by Crippen LogP contribution is 2.26. The van der Waals surface area contributed by atoms with Crippen molar-refractivity contribution in [2.45, 2.75) is 46.1 Å². The van der Waals surface area contributed by atoms with Crippen molar-refractivity contribution in [3.63, 3.8) is 0 Å². The standard InChI is InChI=1S/C26H30FN3O2/c1-18(2)11-14-30-23-10-9-22(28-25(31)15-19-5-7-21(27)8-6-19)16-20(23)17-24(30)26(32)29-12-3-4-13-29/h5-10,16-18H,3-4,11-15H2,1-2H3,(H,28,31). The molecule has 5 nitrogen and oxygen atoms in total. The van der Waals surface area contributed by atoms with Crippen LogP contribution in [0.5, 0.6) is 0 Å². The van der Waals surface area contributed by atoms with E-state index >= 15 is 0 Å². The summed E-state index contributed by atoms with van der Waals surface area (Å²) in [6.45, 7) is 6.78. The zero-order valence-corrected chi connectivity index (χ0v) is 18.7. The Labute approximate surface area is 188 Å². The summed E-state index contributed by atoms with van der Waals surface area (Å²) < 4.78 is 15.2. The van der Waals surface area contributed by atoms with Crippen LogP contribution in [0.1, 0.15) is 49.2 Å². The van der Waals surface area contributed by atoms with Gasteiger partial charge in [-0.25, -0.2) is 4.39 Å². The number of aromatic nitrogens is 1. The van der Waals surface area contributed by atoms with Gasteiger partial charge >= 0.3 is 0 Å². The highest BCUT2D eigenvalue weighted by atomic mass is 19.1. The summed E-state index contributed by atoms with van der Waals surface area (Å²) >= 11 is 0. The molecule has 1 N–H and O–H groups in total. The molecule has 2 amide bonds. The number of amides is 2. The van der Waals surface area contributed by atoms with Gasteiger partial charge in [-0.15, -0.1) is 0 Å². The SMILES string of the molecule is CC(C)CCn1c(C(=O)N2CCCC2)cc2cc(NC(=O)Cc3ccc(F)cc3)ccc21. The number of fused-ring (bicyclic) bond motifs is 1. The Bertz CT molecular complexity index is 1110. The molecule has 1 aliphatic rings. The third kappa shape index (κ3) is 5.01. The number of carbonyl (C=O) groups excluding carboxylic acids is 2. The average Bonchev–Trinajstić information content (AvgIpc) is 3.41. The van der Waals surface area contributed by atoms with Crippen LogP contribution in [-0.2, 0) is 17.8 Å².